The van der Waals surface area contributed by atoms with Gasteiger partial charge in [0.15, 0.2) is 0 Å². The summed E-state index contributed by atoms with van der Waals surface area (Å²) < 4.78 is 0. The van der Waals surface area contributed by atoms with Gasteiger partial charge in [-0.1, -0.05) is 60.3 Å². The van der Waals surface area contributed by atoms with Crippen LogP contribution in [0.4, 0.5) is 5.69 Å². The summed E-state index contributed by atoms with van der Waals surface area (Å²) in [4.78, 5) is 2.70. The number of anilines is 1. The van der Waals surface area contributed by atoms with Gasteiger partial charge < -0.3 is 4.90 Å². The first-order valence-corrected chi connectivity index (χ1v) is 9.16. The van der Waals surface area contributed by atoms with Crippen LogP contribution in [0.2, 0.25) is 0 Å². The van der Waals surface area contributed by atoms with Gasteiger partial charge >= 0.3 is 0 Å². The highest BCUT2D eigenvalue weighted by Gasteiger charge is 2.24. The quantitative estimate of drug-likeness (QED) is 0.603. The third kappa shape index (κ3) is 4.00. The number of nitrogens with zero attached hydrogens (tertiary/aromatic N) is 1. The van der Waals surface area contributed by atoms with Gasteiger partial charge in [0.2, 0.25) is 0 Å². The first kappa shape index (κ1) is 15.9. The maximum absolute atomic E-state index is 3.67. The molecule has 2 heteroatoms. The zero-order chi connectivity index (χ0) is 14.5. The Morgan fingerprint density at radius 2 is 1.95 bits per heavy atom. The van der Waals surface area contributed by atoms with Gasteiger partial charge in [0.05, 0.1) is 0 Å². The number of halogens is 1. The van der Waals surface area contributed by atoms with Crippen molar-refractivity contribution in [3.63, 3.8) is 0 Å². The van der Waals surface area contributed by atoms with Crippen LogP contribution in [0.25, 0.3) is 0 Å². The zero-order valence-corrected chi connectivity index (χ0v) is 14.7. The molecule has 1 aliphatic rings. The first-order chi connectivity index (χ1) is 9.61. The molecule has 0 aromatic heterocycles. The van der Waals surface area contributed by atoms with Crippen molar-refractivity contribution in [2.24, 2.45) is 5.92 Å². The summed E-state index contributed by atoms with van der Waals surface area (Å²) in [5, 5.41) is 0.953. The Morgan fingerprint density at radius 3 is 2.55 bits per heavy atom. The van der Waals surface area contributed by atoms with Crippen LogP contribution in [-0.4, -0.2) is 12.6 Å². The molecule has 0 spiro atoms. The lowest BCUT2D eigenvalue weighted by Crippen LogP contribution is -2.35. The molecule has 1 saturated carbocycles. The minimum Gasteiger partial charge on any atom is -0.368 e. The summed E-state index contributed by atoms with van der Waals surface area (Å²) in [5.41, 5.74) is 4.26. The van der Waals surface area contributed by atoms with E-state index in [0.29, 0.717) is 0 Å². The molecule has 20 heavy (non-hydrogen) atoms. The Bertz CT molecular complexity index is 421. The summed E-state index contributed by atoms with van der Waals surface area (Å²) >= 11 is 3.67. The molecule has 0 saturated heterocycles. The lowest BCUT2D eigenvalue weighted by atomic mass is 10.0. The van der Waals surface area contributed by atoms with Gasteiger partial charge in [-0.3, -0.25) is 0 Å². The molecule has 1 aromatic rings. The molecule has 1 fully saturated rings. The summed E-state index contributed by atoms with van der Waals surface area (Å²) in [6, 6.07) is 7.69. The lowest BCUT2D eigenvalue weighted by Gasteiger charge is -2.33. The van der Waals surface area contributed by atoms with E-state index in [9.17, 15) is 0 Å². The molecule has 0 amide bonds. The van der Waals surface area contributed by atoms with Gasteiger partial charge in [-0.25, -0.2) is 0 Å². The first-order valence-electron chi connectivity index (χ1n) is 8.04. The maximum Gasteiger partial charge on any atom is 0.0410 e. The SMILES string of the molecule is Cc1ccc(N(CCC(C)C)C2CCCC2)c(CBr)c1. The lowest BCUT2D eigenvalue weighted by molar-refractivity contribution is 0.528. The van der Waals surface area contributed by atoms with E-state index in [1.807, 2.05) is 0 Å². The smallest absolute Gasteiger partial charge is 0.0410 e. The van der Waals surface area contributed by atoms with Crippen LogP contribution in [-0.2, 0) is 5.33 Å². The maximum atomic E-state index is 3.67. The van der Waals surface area contributed by atoms with Crippen molar-refractivity contribution in [2.45, 2.75) is 64.2 Å². The largest absolute Gasteiger partial charge is 0.368 e. The van der Waals surface area contributed by atoms with Crippen molar-refractivity contribution in [3.05, 3.63) is 29.3 Å². The molecule has 0 aliphatic heterocycles. The Kier molecular flexibility index (Phi) is 5.95. The molecular weight excluding hydrogens is 310 g/mol. The second-order valence-corrected chi connectivity index (χ2v) is 7.14. The minimum absolute atomic E-state index is 0.759. The van der Waals surface area contributed by atoms with Crippen LogP contribution in [0.1, 0.15) is 57.1 Å². The molecule has 0 N–H and O–H groups in total. The van der Waals surface area contributed by atoms with E-state index < -0.39 is 0 Å². The van der Waals surface area contributed by atoms with E-state index in [0.717, 1.165) is 17.3 Å². The van der Waals surface area contributed by atoms with Gasteiger partial charge in [-0.2, -0.15) is 0 Å². The predicted molar refractivity (Wildman–Crippen MR) is 92.9 cm³/mol. The molecule has 2 rings (SSSR count). The number of rotatable bonds is 6. The highest BCUT2D eigenvalue weighted by atomic mass is 79.9. The molecule has 0 bridgehead atoms. The van der Waals surface area contributed by atoms with Crippen molar-refractivity contribution in [3.8, 4) is 0 Å². The van der Waals surface area contributed by atoms with E-state index in [4.69, 9.17) is 0 Å². The van der Waals surface area contributed by atoms with Crippen molar-refractivity contribution < 1.29 is 0 Å². The second kappa shape index (κ2) is 7.49. The fraction of sp³-hybridized carbons (Fsp3) is 0.667. The fourth-order valence-corrected chi connectivity index (χ4v) is 3.66. The summed E-state index contributed by atoms with van der Waals surface area (Å²) in [6.45, 7) is 8.04. The Hall–Kier alpha value is -0.500. The van der Waals surface area contributed by atoms with Gasteiger partial charge in [-0.05, 0) is 43.7 Å². The Morgan fingerprint density at radius 1 is 1.25 bits per heavy atom. The van der Waals surface area contributed by atoms with Gasteiger partial charge in [0, 0.05) is 23.6 Å². The molecule has 0 heterocycles. The van der Waals surface area contributed by atoms with E-state index in [-0.39, 0.29) is 0 Å². The fourth-order valence-electron chi connectivity index (χ4n) is 3.21. The standard InChI is InChI=1S/C18H28BrN/c1-14(2)10-11-20(17-6-4-5-7-17)18-9-8-15(3)12-16(18)13-19/h8-9,12,14,17H,4-7,10-11,13H2,1-3H3. The highest BCUT2D eigenvalue weighted by molar-refractivity contribution is 9.08. The van der Waals surface area contributed by atoms with Gasteiger partial charge in [0.25, 0.3) is 0 Å². The summed E-state index contributed by atoms with van der Waals surface area (Å²) in [6.07, 6.45) is 6.82. The number of aryl methyl sites for hydroxylation is 1. The van der Waals surface area contributed by atoms with Crippen LogP contribution in [0.5, 0.6) is 0 Å². The van der Waals surface area contributed by atoms with Crippen molar-refractivity contribution in [1.82, 2.24) is 0 Å². The van der Waals surface area contributed by atoms with Crippen molar-refractivity contribution >= 4 is 21.6 Å². The molecule has 0 unspecified atom stereocenters. The van der Waals surface area contributed by atoms with Gasteiger partial charge in [-0.15, -0.1) is 0 Å². The molecule has 112 valence electrons. The Balaban J connectivity index is 2.24. The molecule has 0 atom stereocenters. The molecule has 1 aliphatic carbocycles. The summed E-state index contributed by atoms with van der Waals surface area (Å²) in [7, 11) is 0. The highest BCUT2D eigenvalue weighted by Crippen LogP contribution is 2.32. The number of alkyl halides is 1. The topological polar surface area (TPSA) is 3.24 Å². The van der Waals surface area contributed by atoms with Crippen LogP contribution in [0.3, 0.4) is 0 Å². The predicted octanol–water partition coefficient (Wildman–Crippen LogP) is 5.69. The molecule has 1 nitrogen and oxygen atoms in total. The monoisotopic (exact) mass is 337 g/mol. The number of hydrogen-bond donors (Lipinski definition) is 0. The van der Waals surface area contributed by atoms with Gasteiger partial charge in [0.1, 0.15) is 0 Å². The molecule has 1 aromatic carbocycles. The van der Waals surface area contributed by atoms with Crippen molar-refractivity contribution in [2.75, 3.05) is 11.4 Å². The average Bonchev–Trinajstić information content (AvgIpc) is 2.94. The van der Waals surface area contributed by atoms with Crippen LogP contribution in [0.15, 0.2) is 18.2 Å². The second-order valence-electron chi connectivity index (χ2n) is 6.58. The normalized spacial score (nSPS) is 16.1. The average molecular weight is 338 g/mol. The van der Waals surface area contributed by atoms with E-state index in [1.54, 1.807) is 0 Å². The molecule has 0 radical (unpaired) electrons. The minimum atomic E-state index is 0.759. The van der Waals surface area contributed by atoms with E-state index >= 15 is 0 Å². The third-order valence-corrected chi connectivity index (χ3v) is 5.01. The molecular formula is C18H28BrN. The van der Waals surface area contributed by atoms with E-state index in [2.05, 4.69) is 59.8 Å². The van der Waals surface area contributed by atoms with Crippen LogP contribution < -0.4 is 4.90 Å². The van der Waals surface area contributed by atoms with Crippen LogP contribution >= 0.6 is 15.9 Å². The zero-order valence-electron chi connectivity index (χ0n) is 13.2. The Labute approximate surface area is 132 Å². The number of hydrogen-bond acceptors (Lipinski definition) is 1. The number of benzene rings is 1. The van der Waals surface area contributed by atoms with Crippen molar-refractivity contribution in [1.29, 1.82) is 0 Å². The van der Waals surface area contributed by atoms with E-state index in [1.165, 1.54) is 55.5 Å². The third-order valence-electron chi connectivity index (χ3n) is 4.40. The van der Waals surface area contributed by atoms with Crippen LogP contribution in [0, 0.1) is 12.8 Å². The summed E-state index contributed by atoms with van der Waals surface area (Å²) in [5.74, 6) is 0.775.